The molecule has 0 spiro atoms. The third-order valence-electron chi connectivity index (χ3n) is 5.08. The Kier molecular flexibility index (Phi) is 7.99. The van der Waals surface area contributed by atoms with Crippen LogP contribution in [0.25, 0.3) is 0 Å². The Balaban J connectivity index is 1.76. The van der Waals surface area contributed by atoms with Crippen LogP contribution in [0, 0.1) is 0 Å². The first-order valence-electron chi connectivity index (χ1n) is 9.10. The van der Waals surface area contributed by atoms with Crippen LogP contribution >= 0.6 is 11.8 Å². The molecule has 0 aromatic carbocycles. The maximum absolute atomic E-state index is 4.44. The Morgan fingerprint density at radius 2 is 2.09 bits per heavy atom. The first-order chi connectivity index (χ1) is 11.1. The highest BCUT2D eigenvalue weighted by Gasteiger charge is 2.24. The summed E-state index contributed by atoms with van der Waals surface area (Å²) in [5, 5.41) is 8.02. The molecule has 1 saturated heterocycles. The summed E-state index contributed by atoms with van der Waals surface area (Å²) in [5.74, 6) is 2.20. The van der Waals surface area contributed by atoms with Gasteiger partial charge in [-0.15, -0.1) is 0 Å². The quantitative estimate of drug-likeness (QED) is 0.585. The van der Waals surface area contributed by atoms with Gasteiger partial charge in [-0.3, -0.25) is 9.89 Å². The van der Waals surface area contributed by atoms with E-state index in [1.807, 2.05) is 7.05 Å². The fourth-order valence-corrected chi connectivity index (χ4v) is 4.76. The van der Waals surface area contributed by atoms with E-state index in [1.54, 1.807) is 0 Å². The van der Waals surface area contributed by atoms with Crippen molar-refractivity contribution in [3.63, 3.8) is 0 Å². The summed E-state index contributed by atoms with van der Waals surface area (Å²) in [7, 11) is 6.32. The number of guanidine groups is 1. The van der Waals surface area contributed by atoms with Crippen LogP contribution in [0.5, 0.6) is 0 Å². The number of nitrogens with one attached hydrogen (secondary N) is 2. The van der Waals surface area contributed by atoms with E-state index in [4.69, 9.17) is 0 Å². The van der Waals surface area contributed by atoms with Crippen LogP contribution in [0.1, 0.15) is 32.6 Å². The average Bonchev–Trinajstić information content (AvgIpc) is 2.55. The Hall–Kier alpha value is -0.460. The molecule has 2 aliphatic rings. The molecule has 3 atom stereocenters. The van der Waals surface area contributed by atoms with E-state index in [-0.39, 0.29) is 0 Å². The fourth-order valence-electron chi connectivity index (χ4n) is 3.59. The van der Waals surface area contributed by atoms with Crippen LogP contribution < -0.4 is 10.6 Å². The summed E-state index contributed by atoms with van der Waals surface area (Å²) < 4.78 is 0. The molecule has 5 nitrogen and oxygen atoms in total. The van der Waals surface area contributed by atoms with Gasteiger partial charge in [0.25, 0.3) is 0 Å². The van der Waals surface area contributed by atoms with Crippen molar-refractivity contribution in [1.29, 1.82) is 0 Å². The number of piperazine rings is 1. The molecule has 0 aromatic rings. The molecule has 23 heavy (non-hydrogen) atoms. The molecule has 1 aliphatic heterocycles. The Morgan fingerprint density at radius 3 is 2.83 bits per heavy atom. The van der Waals surface area contributed by atoms with Crippen LogP contribution in [0.4, 0.5) is 0 Å². The summed E-state index contributed by atoms with van der Waals surface area (Å²) in [6.07, 6.45) is 5.25. The lowest BCUT2D eigenvalue weighted by atomic mass is 9.95. The Morgan fingerprint density at radius 1 is 1.26 bits per heavy atom. The fraction of sp³-hybridized carbons (Fsp3) is 0.941. The van der Waals surface area contributed by atoms with Gasteiger partial charge >= 0.3 is 0 Å². The van der Waals surface area contributed by atoms with E-state index in [1.165, 1.54) is 38.0 Å². The number of hydrogen-bond acceptors (Lipinski definition) is 4. The third kappa shape index (κ3) is 6.16. The van der Waals surface area contributed by atoms with Crippen molar-refractivity contribution in [2.24, 2.45) is 4.99 Å². The zero-order valence-corrected chi connectivity index (χ0v) is 16.2. The second kappa shape index (κ2) is 9.74. The molecule has 0 aromatic heterocycles. The van der Waals surface area contributed by atoms with Gasteiger partial charge in [-0.2, -0.15) is 11.8 Å². The molecule has 1 aliphatic carbocycles. The minimum Gasteiger partial charge on any atom is -0.355 e. The molecule has 0 radical (unpaired) electrons. The van der Waals surface area contributed by atoms with Crippen molar-refractivity contribution >= 4 is 17.7 Å². The van der Waals surface area contributed by atoms with E-state index < -0.39 is 0 Å². The monoisotopic (exact) mass is 341 g/mol. The molecular formula is C17H35N5S. The van der Waals surface area contributed by atoms with Crippen molar-refractivity contribution in [3.8, 4) is 0 Å². The first-order valence-corrected chi connectivity index (χ1v) is 10.1. The van der Waals surface area contributed by atoms with E-state index in [2.05, 4.69) is 58.2 Å². The summed E-state index contributed by atoms with van der Waals surface area (Å²) in [5.41, 5.74) is 0. The topological polar surface area (TPSA) is 42.9 Å². The molecule has 0 unspecified atom stereocenters. The highest BCUT2D eigenvalue weighted by molar-refractivity contribution is 7.99. The van der Waals surface area contributed by atoms with E-state index in [0.29, 0.717) is 12.1 Å². The minimum absolute atomic E-state index is 0.557. The van der Waals surface area contributed by atoms with E-state index in [0.717, 1.165) is 30.8 Å². The van der Waals surface area contributed by atoms with Crippen molar-refractivity contribution in [1.82, 2.24) is 20.4 Å². The largest absolute Gasteiger partial charge is 0.355 e. The zero-order valence-electron chi connectivity index (χ0n) is 15.3. The predicted molar refractivity (Wildman–Crippen MR) is 103 cm³/mol. The van der Waals surface area contributed by atoms with Gasteiger partial charge in [0, 0.05) is 50.6 Å². The van der Waals surface area contributed by atoms with Crippen molar-refractivity contribution in [2.45, 2.75) is 49.9 Å². The van der Waals surface area contributed by atoms with Gasteiger partial charge in [-0.05, 0) is 39.1 Å². The molecule has 0 bridgehead atoms. The van der Waals surface area contributed by atoms with Gasteiger partial charge in [0.15, 0.2) is 5.96 Å². The van der Waals surface area contributed by atoms with Crippen molar-refractivity contribution < 1.29 is 0 Å². The van der Waals surface area contributed by atoms with Gasteiger partial charge in [0.05, 0.1) is 0 Å². The Labute approximate surface area is 146 Å². The summed E-state index contributed by atoms with van der Waals surface area (Å²) >= 11 is 2.11. The van der Waals surface area contributed by atoms with E-state index in [9.17, 15) is 0 Å². The summed E-state index contributed by atoms with van der Waals surface area (Å²) in [6.45, 7) is 6.66. The molecule has 0 amide bonds. The number of rotatable bonds is 5. The highest BCUT2D eigenvalue weighted by Crippen LogP contribution is 2.28. The molecule has 6 heteroatoms. The molecule has 134 valence electrons. The molecular weight excluding hydrogens is 306 g/mol. The maximum Gasteiger partial charge on any atom is 0.191 e. The lowest BCUT2D eigenvalue weighted by Gasteiger charge is -2.38. The van der Waals surface area contributed by atoms with Crippen LogP contribution in [0.15, 0.2) is 4.99 Å². The second-order valence-corrected chi connectivity index (χ2v) is 8.51. The smallest absolute Gasteiger partial charge is 0.191 e. The molecule has 2 rings (SSSR count). The lowest BCUT2D eigenvalue weighted by Crippen LogP contribution is -2.56. The number of hydrogen-bond donors (Lipinski definition) is 2. The third-order valence-corrected chi connectivity index (χ3v) is 6.31. The molecule has 1 heterocycles. The standard InChI is InChI=1S/C17H35N5S/c1-5-23-16-8-6-7-14(11-16)20-17(18-2)19-12-15-13-21(3)9-10-22(15)4/h14-16H,5-13H2,1-4H3,(H2,18,19,20)/t14-,15+,16+/m0/s1. The number of nitrogens with zero attached hydrogens (tertiary/aromatic N) is 3. The van der Waals surface area contributed by atoms with Crippen LogP contribution in [0.2, 0.25) is 0 Å². The predicted octanol–water partition coefficient (Wildman–Crippen LogP) is 1.46. The minimum atomic E-state index is 0.557. The van der Waals surface area contributed by atoms with E-state index >= 15 is 0 Å². The van der Waals surface area contributed by atoms with Gasteiger partial charge in [0.2, 0.25) is 0 Å². The van der Waals surface area contributed by atoms with Crippen LogP contribution in [-0.4, -0.2) is 86.2 Å². The average molecular weight is 342 g/mol. The van der Waals surface area contributed by atoms with Gasteiger partial charge in [-0.25, -0.2) is 0 Å². The van der Waals surface area contributed by atoms with Crippen LogP contribution in [0.3, 0.4) is 0 Å². The summed E-state index contributed by atoms with van der Waals surface area (Å²) in [4.78, 5) is 9.30. The number of aliphatic imine (C=N–C) groups is 1. The SMILES string of the molecule is CCS[C@@H]1CCC[C@H](NC(=NC)NC[C@@H]2CN(C)CCN2C)C1. The van der Waals surface area contributed by atoms with Crippen molar-refractivity contribution in [3.05, 3.63) is 0 Å². The molecule has 2 fully saturated rings. The first kappa shape index (κ1) is 18.9. The molecule has 2 N–H and O–H groups in total. The van der Waals surface area contributed by atoms with Gasteiger partial charge in [0.1, 0.15) is 0 Å². The second-order valence-electron chi connectivity index (χ2n) is 6.94. The summed E-state index contributed by atoms with van der Waals surface area (Å²) in [6, 6.07) is 1.13. The van der Waals surface area contributed by atoms with Gasteiger partial charge < -0.3 is 15.5 Å². The van der Waals surface area contributed by atoms with Crippen LogP contribution in [-0.2, 0) is 0 Å². The lowest BCUT2D eigenvalue weighted by molar-refractivity contribution is 0.116. The zero-order chi connectivity index (χ0) is 16.7. The van der Waals surface area contributed by atoms with Crippen molar-refractivity contribution in [2.75, 3.05) is 53.1 Å². The Bertz CT molecular complexity index is 374. The maximum atomic E-state index is 4.44. The number of likely N-dealkylation sites (N-methyl/N-ethyl adjacent to an activating group) is 2. The molecule has 1 saturated carbocycles. The highest BCUT2D eigenvalue weighted by atomic mass is 32.2. The number of thioether (sulfide) groups is 1. The van der Waals surface area contributed by atoms with Gasteiger partial charge in [-0.1, -0.05) is 13.3 Å². The normalized spacial score (nSPS) is 31.1.